The van der Waals surface area contributed by atoms with E-state index in [1.165, 1.54) is 50.5 Å². The van der Waals surface area contributed by atoms with Crippen LogP contribution in [-0.2, 0) is 4.79 Å². The second-order valence-electron chi connectivity index (χ2n) is 11.2. The van der Waals surface area contributed by atoms with Crippen LogP contribution in [0.15, 0.2) is 16.1 Å². The Hall–Kier alpha value is -1.32. The number of nitrogens with two attached hydrogens (primary N) is 1. The van der Waals surface area contributed by atoms with E-state index in [1.807, 2.05) is 0 Å². The molecule has 2 bridgehead atoms. The number of allylic oxidation sites excluding steroid dienone is 2. The topological polar surface area (TPSA) is 67.5 Å². The number of carbonyl (C=O) groups is 1. The van der Waals surface area contributed by atoms with Crippen molar-refractivity contribution >= 4 is 11.7 Å². The van der Waals surface area contributed by atoms with E-state index in [4.69, 9.17) is 5.73 Å². The van der Waals surface area contributed by atoms with E-state index in [1.54, 1.807) is 5.57 Å². The van der Waals surface area contributed by atoms with E-state index >= 15 is 0 Å². The van der Waals surface area contributed by atoms with Crippen molar-refractivity contribution in [1.29, 1.82) is 0 Å². The molecular formula is C25H39N3O. The molecule has 0 saturated heterocycles. The molecule has 4 atom stereocenters. The minimum absolute atomic E-state index is 0.192. The van der Waals surface area contributed by atoms with Crippen LogP contribution in [-0.4, -0.2) is 24.3 Å². The highest BCUT2D eigenvalue weighted by Crippen LogP contribution is 2.74. The molecular weight excluding hydrogens is 358 g/mol. The summed E-state index contributed by atoms with van der Waals surface area (Å²) in [5.74, 6) is 3.49. The third kappa shape index (κ3) is 2.91. The number of ketones is 1. The van der Waals surface area contributed by atoms with Gasteiger partial charge in [-0.05, 0) is 73.7 Å². The molecule has 3 saturated carbocycles. The van der Waals surface area contributed by atoms with Crippen molar-refractivity contribution in [3.8, 4) is 0 Å². The van der Waals surface area contributed by atoms with Gasteiger partial charge in [0, 0.05) is 24.4 Å². The average Bonchev–Trinajstić information content (AvgIpc) is 3.31. The minimum Gasteiger partial charge on any atom is -0.370 e. The van der Waals surface area contributed by atoms with E-state index in [-0.39, 0.29) is 5.41 Å². The van der Waals surface area contributed by atoms with Crippen molar-refractivity contribution in [3.63, 3.8) is 0 Å². The Morgan fingerprint density at radius 1 is 1.14 bits per heavy atom. The van der Waals surface area contributed by atoms with Crippen molar-refractivity contribution in [1.82, 2.24) is 5.32 Å². The Labute approximate surface area is 176 Å². The van der Waals surface area contributed by atoms with Crippen molar-refractivity contribution in [2.75, 3.05) is 6.54 Å². The van der Waals surface area contributed by atoms with Gasteiger partial charge in [0.25, 0.3) is 0 Å². The highest BCUT2D eigenvalue weighted by Gasteiger charge is 2.67. The Morgan fingerprint density at radius 2 is 1.93 bits per heavy atom. The maximum absolute atomic E-state index is 13.4. The summed E-state index contributed by atoms with van der Waals surface area (Å²) in [5, 5.41) is 3.32. The van der Waals surface area contributed by atoms with Crippen LogP contribution in [0, 0.1) is 28.6 Å². The Balaban J connectivity index is 1.38. The summed E-state index contributed by atoms with van der Waals surface area (Å²) in [6.45, 7) is 5.85. The third-order valence-electron chi connectivity index (χ3n) is 9.82. The molecule has 0 aromatic rings. The second-order valence-corrected chi connectivity index (χ2v) is 11.2. The Bertz CT molecular complexity index is 745. The first-order chi connectivity index (χ1) is 13.9. The zero-order valence-corrected chi connectivity index (χ0v) is 18.4. The van der Waals surface area contributed by atoms with Crippen LogP contribution in [0.1, 0.15) is 90.9 Å². The Kier molecular flexibility index (Phi) is 4.83. The van der Waals surface area contributed by atoms with Crippen LogP contribution in [0.4, 0.5) is 0 Å². The highest BCUT2D eigenvalue weighted by atomic mass is 16.1. The number of guanidine groups is 1. The van der Waals surface area contributed by atoms with Gasteiger partial charge in [0.1, 0.15) is 0 Å². The number of Topliss-reactive ketones (excluding diaryl/α,β-unsaturated/α-hetero) is 1. The number of nitrogens with one attached hydrogen (secondary N) is 1. The van der Waals surface area contributed by atoms with Gasteiger partial charge in [0.15, 0.2) is 11.7 Å². The fraction of sp³-hybridized carbons (Fsp3) is 0.840. The molecule has 1 heterocycles. The number of hydrogen-bond donors (Lipinski definition) is 2. The fourth-order valence-corrected chi connectivity index (χ4v) is 8.31. The number of nitrogens with zero attached hydrogens (tertiary/aromatic N) is 1. The summed E-state index contributed by atoms with van der Waals surface area (Å²) in [6, 6.07) is 0.425. The second kappa shape index (κ2) is 7.13. The average molecular weight is 398 g/mol. The summed E-state index contributed by atoms with van der Waals surface area (Å²) >= 11 is 0. The molecule has 0 aromatic carbocycles. The predicted octanol–water partition coefficient (Wildman–Crippen LogP) is 4.74. The molecule has 4 heteroatoms. The van der Waals surface area contributed by atoms with E-state index in [9.17, 15) is 4.79 Å². The maximum atomic E-state index is 13.4. The monoisotopic (exact) mass is 397 g/mol. The smallest absolute Gasteiger partial charge is 0.188 e. The molecule has 3 fully saturated rings. The summed E-state index contributed by atoms with van der Waals surface area (Å²) in [5.41, 5.74) is 9.22. The summed E-state index contributed by atoms with van der Waals surface area (Å²) < 4.78 is 0. The largest absolute Gasteiger partial charge is 0.370 e. The first-order valence-corrected chi connectivity index (χ1v) is 12.3. The molecule has 0 amide bonds. The van der Waals surface area contributed by atoms with Crippen LogP contribution in [0.2, 0.25) is 0 Å². The standard InChI is InChI=1S/C25H39N3O/c1-24(2)17-10-11-20(16-6-3-4-7-16)25(24)15-22(29)19(21(25)14-17)9-5-8-18-12-13-27-23(26)28-18/h16-18,20H,3-15H2,1-2H3,(H3,26,27,28)/t17-,18+,20+,25+/m1/s1. The zero-order valence-electron chi connectivity index (χ0n) is 18.4. The van der Waals surface area contributed by atoms with Crippen LogP contribution >= 0.6 is 0 Å². The number of carbonyl (C=O) groups excluding carboxylic acids is 1. The lowest BCUT2D eigenvalue weighted by Crippen LogP contribution is -2.48. The van der Waals surface area contributed by atoms with Crippen LogP contribution < -0.4 is 11.1 Å². The van der Waals surface area contributed by atoms with Crippen molar-refractivity contribution in [2.24, 2.45) is 39.3 Å². The first-order valence-electron chi connectivity index (χ1n) is 12.3. The van der Waals surface area contributed by atoms with Gasteiger partial charge in [-0.1, -0.05) is 45.1 Å². The van der Waals surface area contributed by atoms with Gasteiger partial charge < -0.3 is 11.1 Å². The van der Waals surface area contributed by atoms with E-state index in [0.29, 0.717) is 23.2 Å². The number of fused-ring (bicyclic) bond motifs is 1. The predicted molar refractivity (Wildman–Crippen MR) is 118 cm³/mol. The van der Waals surface area contributed by atoms with Crippen LogP contribution in [0.5, 0.6) is 0 Å². The lowest BCUT2D eigenvalue weighted by atomic mass is 9.50. The molecule has 0 aromatic heterocycles. The van der Waals surface area contributed by atoms with Crippen molar-refractivity contribution in [3.05, 3.63) is 11.1 Å². The molecule has 4 aliphatic carbocycles. The van der Waals surface area contributed by atoms with E-state index in [0.717, 1.165) is 56.4 Å². The maximum Gasteiger partial charge on any atom is 0.188 e. The molecule has 3 N–H and O–H groups in total. The van der Waals surface area contributed by atoms with Gasteiger partial charge in [0.2, 0.25) is 0 Å². The van der Waals surface area contributed by atoms with Gasteiger partial charge in [0.05, 0.1) is 0 Å². The van der Waals surface area contributed by atoms with Gasteiger partial charge in [-0.3, -0.25) is 9.79 Å². The number of aliphatic imine (C=N–C) groups is 1. The van der Waals surface area contributed by atoms with Crippen molar-refractivity contribution < 1.29 is 4.79 Å². The first kappa shape index (κ1) is 19.6. The van der Waals surface area contributed by atoms with Crippen molar-refractivity contribution in [2.45, 2.75) is 96.9 Å². The van der Waals surface area contributed by atoms with E-state index < -0.39 is 0 Å². The van der Waals surface area contributed by atoms with Gasteiger partial charge >= 0.3 is 0 Å². The molecule has 1 spiro atoms. The summed E-state index contributed by atoms with van der Waals surface area (Å²) in [4.78, 5) is 17.6. The molecule has 4 nitrogen and oxygen atoms in total. The molecule has 0 unspecified atom stereocenters. The van der Waals surface area contributed by atoms with Gasteiger partial charge in [-0.25, -0.2) is 0 Å². The molecule has 1 aliphatic heterocycles. The highest BCUT2D eigenvalue weighted by molar-refractivity contribution is 6.00. The fourth-order valence-electron chi connectivity index (χ4n) is 8.31. The lowest BCUT2D eigenvalue weighted by molar-refractivity contribution is -0.121. The van der Waals surface area contributed by atoms with Gasteiger partial charge in [-0.2, -0.15) is 0 Å². The lowest BCUT2D eigenvalue weighted by Gasteiger charge is -2.54. The normalized spacial score (nSPS) is 38.9. The van der Waals surface area contributed by atoms with E-state index in [2.05, 4.69) is 24.2 Å². The zero-order chi connectivity index (χ0) is 20.2. The Morgan fingerprint density at radius 3 is 2.69 bits per heavy atom. The van der Waals surface area contributed by atoms with Crippen LogP contribution in [0.25, 0.3) is 0 Å². The molecule has 0 radical (unpaired) electrons. The molecule has 5 rings (SSSR count). The van der Waals surface area contributed by atoms with Crippen LogP contribution in [0.3, 0.4) is 0 Å². The molecule has 29 heavy (non-hydrogen) atoms. The number of rotatable bonds is 5. The summed E-state index contributed by atoms with van der Waals surface area (Å²) in [7, 11) is 0. The number of hydrogen-bond acceptors (Lipinski definition) is 4. The molecule has 160 valence electrons. The third-order valence-corrected chi connectivity index (χ3v) is 9.82. The SMILES string of the molecule is CC1(C)[C@@H]2CC[C@@H](C3CCCC3)[C@]13CC(=O)C(CCC[C@H]1CCN=C(N)N1)=C3C2. The quantitative estimate of drug-likeness (QED) is 0.704. The van der Waals surface area contributed by atoms with Gasteiger partial charge in [-0.15, -0.1) is 0 Å². The summed E-state index contributed by atoms with van der Waals surface area (Å²) in [6.07, 6.45) is 14.6. The minimum atomic E-state index is 0.192. The molecule has 5 aliphatic rings.